The predicted molar refractivity (Wildman–Crippen MR) is 81.5 cm³/mol. The van der Waals surface area contributed by atoms with Crippen LogP contribution in [0.15, 0.2) is 42.5 Å². The summed E-state index contributed by atoms with van der Waals surface area (Å²) in [6.07, 6.45) is 0. The number of nitrogens with one attached hydrogen (secondary N) is 2. The number of hydrogen-bond donors (Lipinski definition) is 2. The quantitative estimate of drug-likeness (QED) is 0.904. The van der Waals surface area contributed by atoms with Crippen molar-refractivity contribution in [2.45, 2.75) is 6.92 Å². The standard InChI is InChI=1S/C16H15N3O2/c1-11-6-8-13(9-7-11)18-16(20)19-15-12(10-17)4-3-5-14(15)21-2/h3-9H,1-2H3,(H2,18,19,20). The van der Waals surface area contributed by atoms with E-state index < -0.39 is 6.03 Å². The molecule has 5 heteroatoms. The lowest BCUT2D eigenvalue weighted by molar-refractivity contribution is 0.262. The summed E-state index contributed by atoms with van der Waals surface area (Å²) in [7, 11) is 1.49. The third-order valence-corrected chi connectivity index (χ3v) is 2.91. The molecule has 5 nitrogen and oxygen atoms in total. The predicted octanol–water partition coefficient (Wildman–Crippen LogP) is 3.52. The first-order valence-electron chi connectivity index (χ1n) is 6.36. The second-order valence-corrected chi connectivity index (χ2v) is 4.44. The minimum atomic E-state index is -0.431. The van der Waals surface area contributed by atoms with Gasteiger partial charge in [0.1, 0.15) is 17.5 Å². The summed E-state index contributed by atoms with van der Waals surface area (Å²) in [5, 5.41) is 14.4. The van der Waals surface area contributed by atoms with Crippen molar-refractivity contribution in [3.05, 3.63) is 53.6 Å². The summed E-state index contributed by atoms with van der Waals surface area (Å²) < 4.78 is 5.16. The molecule has 2 aromatic rings. The Bertz CT molecular complexity index is 688. The molecule has 0 atom stereocenters. The third-order valence-electron chi connectivity index (χ3n) is 2.91. The Morgan fingerprint density at radius 2 is 1.86 bits per heavy atom. The minimum Gasteiger partial charge on any atom is -0.495 e. The number of urea groups is 1. The van der Waals surface area contributed by atoms with Gasteiger partial charge in [-0.1, -0.05) is 23.8 Å². The molecule has 0 spiro atoms. The highest BCUT2D eigenvalue weighted by atomic mass is 16.5. The Labute approximate surface area is 123 Å². The molecule has 0 bridgehead atoms. The minimum absolute atomic E-state index is 0.341. The maximum absolute atomic E-state index is 12.0. The molecule has 0 heterocycles. The van der Waals surface area contributed by atoms with E-state index in [-0.39, 0.29) is 0 Å². The van der Waals surface area contributed by atoms with Crippen LogP contribution in [0.4, 0.5) is 16.2 Å². The smallest absolute Gasteiger partial charge is 0.323 e. The summed E-state index contributed by atoms with van der Waals surface area (Å²) in [6.45, 7) is 1.97. The van der Waals surface area contributed by atoms with Crippen LogP contribution in [-0.4, -0.2) is 13.1 Å². The van der Waals surface area contributed by atoms with Crippen LogP contribution in [0.1, 0.15) is 11.1 Å². The van der Waals surface area contributed by atoms with Crippen molar-refractivity contribution in [2.75, 3.05) is 17.7 Å². The van der Waals surface area contributed by atoms with E-state index >= 15 is 0 Å². The number of hydrogen-bond acceptors (Lipinski definition) is 3. The van der Waals surface area contributed by atoms with E-state index in [0.29, 0.717) is 22.7 Å². The van der Waals surface area contributed by atoms with E-state index in [1.54, 1.807) is 18.2 Å². The molecule has 0 aliphatic heterocycles. The van der Waals surface area contributed by atoms with E-state index in [1.807, 2.05) is 37.3 Å². The van der Waals surface area contributed by atoms with Gasteiger partial charge in [0.25, 0.3) is 0 Å². The number of anilines is 2. The highest BCUT2D eigenvalue weighted by Gasteiger charge is 2.12. The number of amides is 2. The summed E-state index contributed by atoms with van der Waals surface area (Å²) >= 11 is 0. The van der Waals surface area contributed by atoms with Gasteiger partial charge in [-0.05, 0) is 31.2 Å². The van der Waals surface area contributed by atoms with Crippen LogP contribution in [-0.2, 0) is 0 Å². The molecular weight excluding hydrogens is 266 g/mol. The number of aryl methyl sites for hydroxylation is 1. The normalized spacial score (nSPS) is 9.57. The number of ether oxygens (including phenoxy) is 1. The summed E-state index contributed by atoms with van der Waals surface area (Å²) in [6, 6.07) is 14.0. The second kappa shape index (κ2) is 6.44. The van der Waals surface area contributed by atoms with Crippen molar-refractivity contribution >= 4 is 17.4 Å². The first-order valence-corrected chi connectivity index (χ1v) is 6.36. The van der Waals surface area contributed by atoms with Crippen LogP contribution in [0, 0.1) is 18.3 Å². The maximum atomic E-state index is 12.0. The largest absolute Gasteiger partial charge is 0.495 e. The number of benzene rings is 2. The maximum Gasteiger partial charge on any atom is 0.323 e. The summed E-state index contributed by atoms with van der Waals surface area (Å²) in [5.74, 6) is 0.438. The fourth-order valence-corrected chi connectivity index (χ4v) is 1.84. The first-order chi connectivity index (χ1) is 10.1. The van der Waals surface area contributed by atoms with E-state index in [2.05, 4.69) is 10.6 Å². The Balaban J connectivity index is 2.16. The van der Waals surface area contributed by atoms with Gasteiger partial charge in [0.2, 0.25) is 0 Å². The first kappa shape index (κ1) is 14.4. The third kappa shape index (κ3) is 3.51. The van der Waals surface area contributed by atoms with Crippen LogP contribution < -0.4 is 15.4 Å². The molecule has 0 saturated carbocycles. The molecule has 0 fully saturated rings. The molecular formula is C16H15N3O2. The molecule has 0 saturated heterocycles. The molecule has 2 aromatic carbocycles. The zero-order valence-electron chi connectivity index (χ0n) is 11.8. The topological polar surface area (TPSA) is 74.1 Å². The molecule has 2 amide bonds. The monoisotopic (exact) mass is 281 g/mol. The van der Waals surface area contributed by atoms with Crippen molar-refractivity contribution < 1.29 is 9.53 Å². The van der Waals surface area contributed by atoms with E-state index in [9.17, 15) is 4.79 Å². The van der Waals surface area contributed by atoms with Crippen LogP contribution in [0.3, 0.4) is 0 Å². The molecule has 0 radical (unpaired) electrons. The van der Waals surface area contributed by atoms with Gasteiger partial charge in [0, 0.05) is 5.69 Å². The fraction of sp³-hybridized carbons (Fsp3) is 0.125. The zero-order valence-corrected chi connectivity index (χ0v) is 11.8. The lowest BCUT2D eigenvalue weighted by Gasteiger charge is -2.12. The van der Waals surface area contributed by atoms with Crippen LogP contribution in [0.2, 0.25) is 0 Å². The van der Waals surface area contributed by atoms with Gasteiger partial charge >= 0.3 is 6.03 Å². The van der Waals surface area contributed by atoms with Crippen molar-refractivity contribution in [1.82, 2.24) is 0 Å². The number of carbonyl (C=O) groups is 1. The zero-order chi connectivity index (χ0) is 15.2. The lowest BCUT2D eigenvalue weighted by Crippen LogP contribution is -2.20. The van der Waals surface area contributed by atoms with Crippen molar-refractivity contribution in [2.24, 2.45) is 0 Å². The van der Waals surface area contributed by atoms with Crippen LogP contribution >= 0.6 is 0 Å². The number of methoxy groups -OCH3 is 1. The highest BCUT2D eigenvalue weighted by Crippen LogP contribution is 2.27. The number of nitriles is 1. The van der Waals surface area contributed by atoms with Crippen LogP contribution in [0.25, 0.3) is 0 Å². The molecule has 0 aliphatic carbocycles. The van der Waals surface area contributed by atoms with Crippen LogP contribution in [0.5, 0.6) is 5.75 Å². The average molecular weight is 281 g/mol. The van der Waals surface area contributed by atoms with Gasteiger partial charge in [-0.2, -0.15) is 5.26 Å². The SMILES string of the molecule is COc1cccc(C#N)c1NC(=O)Nc1ccc(C)cc1. The molecule has 0 unspecified atom stereocenters. The molecule has 0 aliphatic rings. The van der Waals surface area contributed by atoms with Crippen molar-refractivity contribution in [3.8, 4) is 11.8 Å². The number of rotatable bonds is 3. The Morgan fingerprint density at radius 3 is 2.48 bits per heavy atom. The number of para-hydroxylation sites is 1. The van der Waals surface area contributed by atoms with E-state index in [1.165, 1.54) is 7.11 Å². The van der Waals surface area contributed by atoms with Gasteiger partial charge in [-0.25, -0.2) is 4.79 Å². The molecule has 2 rings (SSSR count). The van der Waals surface area contributed by atoms with Gasteiger partial charge in [-0.15, -0.1) is 0 Å². The van der Waals surface area contributed by atoms with Gasteiger partial charge < -0.3 is 15.4 Å². The van der Waals surface area contributed by atoms with Gasteiger partial charge in [0.15, 0.2) is 0 Å². The number of nitrogens with zero attached hydrogens (tertiary/aromatic N) is 1. The second-order valence-electron chi connectivity index (χ2n) is 4.44. The molecule has 2 N–H and O–H groups in total. The lowest BCUT2D eigenvalue weighted by atomic mass is 10.2. The average Bonchev–Trinajstić information content (AvgIpc) is 2.49. The summed E-state index contributed by atoms with van der Waals surface area (Å²) in [4.78, 5) is 12.0. The Hall–Kier alpha value is -3.00. The summed E-state index contributed by atoms with van der Waals surface area (Å²) in [5.41, 5.74) is 2.48. The van der Waals surface area contributed by atoms with Gasteiger partial charge in [-0.3, -0.25) is 0 Å². The van der Waals surface area contributed by atoms with E-state index in [0.717, 1.165) is 5.56 Å². The Morgan fingerprint density at radius 1 is 1.14 bits per heavy atom. The number of carbonyl (C=O) groups excluding carboxylic acids is 1. The van der Waals surface area contributed by atoms with Gasteiger partial charge in [0.05, 0.1) is 12.7 Å². The molecule has 0 aromatic heterocycles. The van der Waals surface area contributed by atoms with Crippen molar-refractivity contribution in [3.63, 3.8) is 0 Å². The van der Waals surface area contributed by atoms with E-state index in [4.69, 9.17) is 10.00 Å². The van der Waals surface area contributed by atoms with Crippen molar-refractivity contribution in [1.29, 1.82) is 5.26 Å². The Kier molecular flexibility index (Phi) is 4.42. The molecule has 21 heavy (non-hydrogen) atoms. The fourth-order valence-electron chi connectivity index (χ4n) is 1.84. The highest BCUT2D eigenvalue weighted by molar-refractivity contribution is 6.01. The molecule has 106 valence electrons.